The van der Waals surface area contributed by atoms with Crippen LogP contribution >= 0.6 is 11.3 Å². The van der Waals surface area contributed by atoms with Gasteiger partial charge in [0, 0.05) is 29.8 Å². The molecular weight excluding hydrogens is 554 g/mol. The molecule has 0 aliphatic heterocycles. The van der Waals surface area contributed by atoms with Crippen LogP contribution in [0.2, 0.25) is 0 Å². The molecule has 0 bridgehead atoms. The number of aromatic nitrogens is 1. The van der Waals surface area contributed by atoms with Crippen molar-refractivity contribution in [2.45, 2.75) is 32.8 Å². The van der Waals surface area contributed by atoms with Crippen LogP contribution in [0.15, 0.2) is 72.1 Å². The molecule has 3 amide bonds. The summed E-state index contributed by atoms with van der Waals surface area (Å²) in [6.45, 7) is 5.33. The second-order valence-corrected chi connectivity index (χ2v) is 11.1. The molecule has 0 radical (unpaired) electrons. The number of pyridine rings is 1. The summed E-state index contributed by atoms with van der Waals surface area (Å²) in [6, 6.07) is 20.7. The van der Waals surface area contributed by atoms with Crippen molar-refractivity contribution in [3.63, 3.8) is 0 Å². The highest BCUT2D eigenvalue weighted by molar-refractivity contribution is 7.12. The van der Waals surface area contributed by atoms with Gasteiger partial charge in [-0.15, -0.1) is 11.3 Å². The van der Waals surface area contributed by atoms with Crippen LogP contribution in [-0.2, 0) is 9.53 Å². The summed E-state index contributed by atoms with van der Waals surface area (Å²) in [5.74, 6) is -0.737. The maximum atomic E-state index is 12.9. The van der Waals surface area contributed by atoms with E-state index in [-0.39, 0.29) is 36.0 Å². The largest absolute Gasteiger partial charge is 0.507 e. The Morgan fingerprint density at radius 2 is 1.79 bits per heavy atom. The zero-order chi connectivity index (χ0) is 30.3. The van der Waals surface area contributed by atoms with E-state index in [0.717, 1.165) is 0 Å². The average Bonchev–Trinajstić information content (AvgIpc) is 3.47. The van der Waals surface area contributed by atoms with E-state index in [1.165, 1.54) is 17.4 Å². The molecule has 0 atom stereocenters. The molecule has 214 valence electrons. The molecule has 4 rings (SSSR count). The highest BCUT2D eigenvalue weighted by Gasteiger charge is 2.20. The predicted molar refractivity (Wildman–Crippen MR) is 161 cm³/mol. The summed E-state index contributed by atoms with van der Waals surface area (Å²) in [4.78, 5) is 42.3. The van der Waals surface area contributed by atoms with Crippen LogP contribution in [0.4, 0.5) is 16.3 Å². The summed E-state index contributed by atoms with van der Waals surface area (Å²) < 4.78 is 5.17. The lowest BCUT2D eigenvalue weighted by molar-refractivity contribution is -0.116. The number of ether oxygens (including phenoxy) is 1. The molecular formula is C31H29N5O5S. The molecule has 2 heterocycles. The third kappa shape index (κ3) is 7.71. The van der Waals surface area contributed by atoms with Gasteiger partial charge in [-0.3, -0.25) is 9.59 Å². The Kier molecular flexibility index (Phi) is 9.19. The van der Waals surface area contributed by atoms with Crippen LogP contribution in [0.5, 0.6) is 5.75 Å². The molecule has 10 nitrogen and oxygen atoms in total. The van der Waals surface area contributed by atoms with E-state index in [4.69, 9.17) is 4.74 Å². The first-order chi connectivity index (χ1) is 20.0. The Morgan fingerprint density at radius 3 is 2.48 bits per heavy atom. The van der Waals surface area contributed by atoms with E-state index in [9.17, 15) is 24.8 Å². The number of anilines is 2. The van der Waals surface area contributed by atoms with Crippen molar-refractivity contribution in [2.24, 2.45) is 0 Å². The second-order valence-electron chi connectivity index (χ2n) is 10.1. The lowest BCUT2D eigenvalue weighted by Crippen LogP contribution is -2.34. The Bertz CT molecular complexity index is 1660. The number of benzene rings is 2. The SMILES string of the molecule is CC(C)(C)OC(=O)NCCC(=O)Nc1cccc(-c2cc(-c3ccccc3O)nc(NC(=O)c3cccs3)c2C#N)c1. The zero-order valence-electron chi connectivity index (χ0n) is 23.2. The minimum Gasteiger partial charge on any atom is -0.507 e. The lowest BCUT2D eigenvalue weighted by atomic mass is 9.97. The summed E-state index contributed by atoms with van der Waals surface area (Å²) in [6.07, 6.45) is -0.598. The van der Waals surface area contributed by atoms with Gasteiger partial charge in [0.25, 0.3) is 5.91 Å². The van der Waals surface area contributed by atoms with E-state index < -0.39 is 17.6 Å². The minimum atomic E-state index is -0.645. The molecule has 0 saturated carbocycles. The van der Waals surface area contributed by atoms with Crippen LogP contribution in [0.1, 0.15) is 42.4 Å². The van der Waals surface area contributed by atoms with E-state index in [0.29, 0.717) is 32.9 Å². The lowest BCUT2D eigenvalue weighted by Gasteiger charge is -2.19. The molecule has 0 spiro atoms. The number of hydrogen-bond donors (Lipinski definition) is 4. The molecule has 11 heteroatoms. The highest BCUT2D eigenvalue weighted by atomic mass is 32.1. The van der Waals surface area contributed by atoms with Crippen molar-refractivity contribution < 1.29 is 24.2 Å². The summed E-state index contributed by atoms with van der Waals surface area (Å²) in [5, 5.41) is 30.5. The molecule has 2 aromatic heterocycles. The number of nitriles is 1. The van der Waals surface area contributed by atoms with Crippen molar-refractivity contribution in [3.05, 3.63) is 82.6 Å². The number of phenols is 1. The number of nitrogens with one attached hydrogen (secondary N) is 3. The Labute approximate surface area is 247 Å². The fourth-order valence-electron chi connectivity index (χ4n) is 3.96. The fourth-order valence-corrected chi connectivity index (χ4v) is 4.58. The number of amides is 3. The number of alkyl carbamates (subject to hydrolysis) is 1. The number of aromatic hydroxyl groups is 1. The van der Waals surface area contributed by atoms with E-state index in [2.05, 4.69) is 27.0 Å². The van der Waals surface area contributed by atoms with Crippen molar-refractivity contribution >= 4 is 40.7 Å². The van der Waals surface area contributed by atoms with Gasteiger partial charge in [-0.25, -0.2) is 9.78 Å². The molecule has 0 fully saturated rings. The van der Waals surface area contributed by atoms with Gasteiger partial charge >= 0.3 is 6.09 Å². The number of carbonyl (C=O) groups is 3. The molecule has 4 aromatic rings. The zero-order valence-corrected chi connectivity index (χ0v) is 24.0. The number of nitrogens with zero attached hydrogens (tertiary/aromatic N) is 2. The molecule has 0 aliphatic carbocycles. The average molecular weight is 584 g/mol. The van der Waals surface area contributed by atoms with Crippen LogP contribution in [0.25, 0.3) is 22.4 Å². The van der Waals surface area contributed by atoms with Crippen molar-refractivity contribution in [3.8, 4) is 34.2 Å². The predicted octanol–water partition coefficient (Wildman–Crippen LogP) is 6.16. The second kappa shape index (κ2) is 13.0. The first kappa shape index (κ1) is 29.8. The number of para-hydroxylation sites is 1. The number of phenolic OH excluding ortho intramolecular Hbond substituents is 1. The molecule has 0 unspecified atom stereocenters. The topological polar surface area (TPSA) is 153 Å². The smallest absolute Gasteiger partial charge is 0.407 e. The van der Waals surface area contributed by atoms with Gasteiger partial charge < -0.3 is 25.8 Å². The third-order valence-corrected chi connectivity index (χ3v) is 6.63. The number of rotatable bonds is 8. The van der Waals surface area contributed by atoms with Crippen molar-refractivity contribution in [1.29, 1.82) is 5.26 Å². The molecule has 4 N–H and O–H groups in total. The van der Waals surface area contributed by atoms with Crippen LogP contribution in [-0.4, -0.2) is 40.1 Å². The molecule has 0 aliphatic rings. The van der Waals surface area contributed by atoms with Crippen molar-refractivity contribution in [2.75, 3.05) is 17.2 Å². The maximum absolute atomic E-state index is 12.9. The van der Waals surface area contributed by atoms with Gasteiger partial charge in [0.05, 0.1) is 10.6 Å². The summed E-state index contributed by atoms with van der Waals surface area (Å²) >= 11 is 1.25. The van der Waals surface area contributed by atoms with Gasteiger partial charge in [-0.2, -0.15) is 5.26 Å². The quantitative estimate of drug-likeness (QED) is 0.194. The standard InChI is InChI=1S/C31H29N5O5S/c1-31(2,3)41-30(40)33-14-13-27(38)34-20-9-6-8-19(16-20)22-17-24(21-10-4-5-11-25(21)37)35-28(23(22)18-32)36-29(39)26-12-7-15-42-26/h4-12,15-17,37H,13-14H2,1-3H3,(H,33,40)(H,34,38)(H,35,36,39). The van der Waals surface area contributed by atoms with Gasteiger partial charge in [-0.1, -0.05) is 30.3 Å². The molecule has 42 heavy (non-hydrogen) atoms. The number of thiophene rings is 1. The summed E-state index contributed by atoms with van der Waals surface area (Å²) in [5.41, 5.74) is 1.70. The Balaban J connectivity index is 1.63. The maximum Gasteiger partial charge on any atom is 0.407 e. The van der Waals surface area contributed by atoms with Gasteiger partial charge in [0.15, 0.2) is 5.82 Å². The Morgan fingerprint density at radius 1 is 1.00 bits per heavy atom. The van der Waals surface area contributed by atoms with E-state index in [1.54, 1.807) is 86.8 Å². The van der Waals surface area contributed by atoms with Gasteiger partial charge in [0.2, 0.25) is 5.91 Å². The van der Waals surface area contributed by atoms with E-state index in [1.807, 2.05) is 0 Å². The first-order valence-corrected chi connectivity index (χ1v) is 13.9. The van der Waals surface area contributed by atoms with Crippen molar-refractivity contribution in [1.82, 2.24) is 10.3 Å². The molecule has 0 saturated heterocycles. The number of carbonyl (C=O) groups excluding carboxylic acids is 3. The highest BCUT2D eigenvalue weighted by Crippen LogP contribution is 2.36. The third-order valence-electron chi connectivity index (χ3n) is 5.77. The summed E-state index contributed by atoms with van der Waals surface area (Å²) in [7, 11) is 0. The van der Waals surface area contributed by atoms with Crippen LogP contribution in [0.3, 0.4) is 0 Å². The minimum absolute atomic E-state index is 0.0124. The normalized spacial score (nSPS) is 10.8. The van der Waals surface area contributed by atoms with Gasteiger partial charge in [0.1, 0.15) is 23.0 Å². The fraction of sp³-hybridized carbons (Fsp3) is 0.194. The van der Waals surface area contributed by atoms with Gasteiger partial charge in [-0.05, 0) is 68.1 Å². The van der Waals surface area contributed by atoms with Crippen LogP contribution < -0.4 is 16.0 Å². The first-order valence-electron chi connectivity index (χ1n) is 13.0. The molecule has 2 aromatic carbocycles. The monoisotopic (exact) mass is 583 g/mol. The van der Waals surface area contributed by atoms with Crippen LogP contribution in [0, 0.1) is 11.3 Å². The Hall–Kier alpha value is -5.21. The van der Waals surface area contributed by atoms with E-state index >= 15 is 0 Å². The number of hydrogen-bond acceptors (Lipinski definition) is 8.